The van der Waals surface area contributed by atoms with Crippen molar-refractivity contribution < 1.29 is 9.53 Å². The molecule has 116 valence electrons. The number of nitrogens with two attached hydrogens (primary N) is 1. The van der Waals surface area contributed by atoms with Gasteiger partial charge in [0.2, 0.25) is 5.91 Å². The van der Waals surface area contributed by atoms with Gasteiger partial charge in [-0.3, -0.25) is 4.79 Å². The predicted molar refractivity (Wildman–Crippen MR) is 85.2 cm³/mol. The number of amides is 1. The van der Waals surface area contributed by atoms with E-state index in [9.17, 15) is 4.79 Å². The van der Waals surface area contributed by atoms with Crippen LogP contribution in [0.2, 0.25) is 0 Å². The average Bonchev–Trinajstić information content (AvgIpc) is 2.64. The molecule has 0 unspecified atom stereocenters. The van der Waals surface area contributed by atoms with Gasteiger partial charge >= 0.3 is 0 Å². The minimum atomic E-state index is -0.250. The summed E-state index contributed by atoms with van der Waals surface area (Å²) in [5.41, 5.74) is 8.04. The molecular weight excluding hydrogens is 264 g/mol. The lowest BCUT2D eigenvalue weighted by molar-refractivity contribution is -0.121. The molecule has 1 aromatic rings. The summed E-state index contributed by atoms with van der Waals surface area (Å²) in [6.45, 7) is 2.53. The van der Waals surface area contributed by atoms with Crippen LogP contribution < -0.4 is 11.1 Å². The van der Waals surface area contributed by atoms with Crippen LogP contribution in [0.3, 0.4) is 0 Å². The van der Waals surface area contributed by atoms with Crippen molar-refractivity contribution in [2.45, 2.75) is 51.0 Å². The summed E-state index contributed by atoms with van der Waals surface area (Å²) < 4.78 is 5.56. The van der Waals surface area contributed by atoms with E-state index in [2.05, 4.69) is 5.32 Å². The maximum absolute atomic E-state index is 11.9. The minimum absolute atomic E-state index is 0.0624. The van der Waals surface area contributed by atoms with Crippen molar-refractivity contribution in [3.8, 4) is 0 Å². The Labute approximate surface area is 127 Å². The number of benzene rings is 1. The topological polar surface area (TPSA) is 64.3 Å². The maximum Gasteiger partial charge on any atom is 0.250 e. The van der Waals surface area contributed by atoms with Gasteiger partial charge in [0, 0.05) is 11.2 Å². The largest absolute Gasteiger partial charge is 0.370 e. The lowest BCUT2D eigenvalue weighted by Gasteiger charge is -2.27. The number of hydrogen-bond acceptors (Lipinski definition) is 3. The lowest BCUT2D eigenvalue weighted by Crippen LogP contribution is -2.44. The molecule has 0 atom stereocenters. The first-order chi connectivity index (χ1) is 10.1. The molecule has 1 aromatic carbocycles. The van der Waals surface area contributed by atoms with Crippen molar-refractivity contribution in [3.05, 3.63) is 29.8 Å². The quantitative estimate of drug-likeness (QED) is 0.819. The SMILES string of the molecule is Cc1cccc(NC(=O)COCC2(N)CCCCCC2)c1. The van der Waals surface area contributed by atoms with E-state index < -0.39 is 0 Å². The minimum Gasteiger partial charge on any atom is -0.370 e. The highest BCUT2D eigenvalue weighted by atomic mass is 16.5. The molecule has 0 aliphatic heterocycles. The molecule has 1 fully saturated rings. The van der Waals surface area contributed by atoms with Gasteiger partial charge in [0.05, 0.1) is 6.61 Å². The van der Waals surface area contributed by atoms with Gasteiger partial charge < -0.3 is 15.8 Å². The highest BCUT2D eigenvalue weighted by Gasteiger charge is 2.26. The smallest absolute Gasteiger partial charge is 0.250 e. The van der Waals surface area contributed by atoms with Crippen LogP contribution in [0.4, 0.5) is 5.69 Å². The van der Waals surface area contributed by atoms with Crippen LogP contribution in [0.5, 0.6) is 0 Å². The first-order valence-corrected chi connectivity index (χ1v) is 7.81. The number of aryl methyl sites for hydroxylation is 1. The molecule has 0 aromatic heterocycles. The summed E-state index contributed by atoms with van der Waals surface area (Å²) in [6, 6.07) is 7.73. The second kappa shape index (κ2) is 7.57. The second-order valence-electron chi connectivity index (χ2n) is 6.19. The van der Waals surface area contributed by atoms with Crippen molar-refractivity contribution in [2.24, 2.45) is 5.73 Å². The van der Waals surface area contributed by atoms with Crippen LogP contribution in [0, 0.1) is 6.92 Å². The zero-order valence-electron chi connectivity index (χ0n) is 12.9. The standard InChI is InChI=1S/C17H26N2O2/c1-14-7-6-8-15(11-14)19-16(20)12-21-13-17(18)9-4-2-3-5-10-17/h6-8,11H,2-5,9-10,12-13,18H2,1H3,(H,19,20). The molecule has 0 radical (unpaired) electrons. The summed E-state index contributed by atoms with van der Waals surface area (Å²) in [5.74, 6) is -0.127. The normalized spacial score (nSPS) is 18.0. The predicted octanol–water partition coefficient (Wildman–Crippen LogP) is 3.00. The first kappa shape index (κ1) is 16.0. The average molecular weight is 290 g/mol. The van der Waals surface area contributed by atoms with Crippen molar-refractivity contribution in [3.63, 3.8) is 0 Å². The Bertz CT molecular complexity index is 466. The molecule has 4 heteroatoms. The summed E-state index contributed by atoms with van der Waals surface area (Å²) in [4.78, 5) is 11.9. The number of anilines is 1. The summed E-state index contributed by atoms with van der Waals surface area (Å²) in [7, 11) is 0. The Morgan fingerprint density at radius 3 is 2.67 bits per heavy atom. The number of rotatable bonds is 5. The van der Waals surface area contributed by atoms with E-state index in [-0.39, 0.29) is 18.1 Å². The van der Waals surface area contributed by atoms with E-state index in [4.69, 9.17) is 10.5 Å². The zero-order valence-corrected chi connectivity index (χ0v) is 12.9. The van der Waals surface area contributed by atoms with Gasteiger partial charge in [0.15, 0.2) is 0 Å². The fraction of sp³-hybridized carbons (Fsp3) is 0.588. The molecule has 0 bridgehead atoms. The van der Waals surface area contributed by atoms with Crippen LogP contribution in [0.15, 0.2) is 24.3 Å². The second-order valence-corrected chi connectivity index (χ2v) is 6.19. The molecule has 1 amide bonds. The summed E-state index contributed by atoms with van der Waals surface area (Å²) >= 11 is 0. The Hall–Kier alpha value is -1.39. The van der Waals surface area contributed by atoms with Crippen molar-refractivity contribution in [1.29, 1.82) is 0 Å². The van der Waals surface area contributed by atoms with Gasteiger partial charge in [-0.25, -0.2) is 0 Å². The molecule has 3 N–H and O–H groups in total. The van der Waals surface area contributed by atoms with E-state index in [1.54, 1.807) is 0 Å². The monoisotopic (exact) mass is 290 g/mol. The third-order valence-electron chi connectivity index (χ3n) is 4.02. The Balaban J connectivity index is 1.73. The maximum atomic E-state index is 11.9. The van der Waals surface area contributed by atoms with Gasteiger partial charge in [-0.2, -0.15) is 0 Å². The van der Waals surface area contributed by atoms with Crippen molar-refractivity contribution >= 4 is 11.6 Å². The fourth-order valence-electron chi connectivity index (χ4n) is 2.84. The van der Waals surface area contributed by atoms with Crippen molar-refractivity contribution in [1.82, 2.24) is 0 Å². The third-order valence-corrected chi connectivity index (χ3v) is 4.02. The van der Waals surface area contributed by atoms with E-state index in [1.165, 1.54) is 12.8 Å². The van der Waals surface area contributed by atoms with E-state index in [0.29, 0.717) is 6.61 Å². The first-order valence-electron chi connectivity index (χ1n) is 7.81. The molecule has 1 aliphatic rings. The van der Waals surface area contributed by atoms with Crippen LogP contribution in [0.1, 0.15) is 44.1 Å². The summed E-state index contributed by atoms with van der Waals surface area (Å²) in [5, 5.41) is 2.84. The third kappa shape index (κ3) is 5.48. The van der Waals surface area contributed by atoms with Crippen molar-refractivity contribution in [2.75, 3.05) is 18.5 Å². The van der Waals surface area contributed by atoms with E-state index in [0.717, 1.165) is 36.9 Å². The molecule has 1 saturated carbocycles. The molecular formula is C17H26N2O2. The van der Waals surface area contributed by atoms with Gasteiger partial charge in [0.1, 0.15) is 6.61 Å². The molecule has 0 spiro atoms. The molecule has 4 nitrogen and oxygen atoms in total. The molecule has 2 rings (SSSR count). The molecule has 21 heavy (non-hydrogen) atoms. The highest BCUT2D eigenvalue weighted by Crippen LogP contribution is 2.25. The van der Waals surface area contributed by atoms with Crippen LogP contribution >= 0.6 is 0 Å². The van der Waals surface area contributed by atoms with Gasteiger partial charge in [-0.1, -0.05) is 37.8 Å². The molecule has 0 heterocycles. The zero-order chi connectivity index (χ0) is 15.1. The molecule has 0 saturated heterocycles. The number of nitrogens with one attached hydrogen (secondary N) is 1. The molecule has 1 aliphatic carbocycles. The number of hydrogen-bond donors (Lipinski definition) is 2. The Kier molecular flexibility index (Phi) is 5.76. The summed E-state index contributed by atoms with van der Waals surface area (Å²) in [6.07, 6.45) is 6.82. The fourth-order valence-corrected chi connectivity index (χ4v) is 2.84. The van der Waals surface area contributed by atoms with E-state index in [1.807, 2.05) is 31.2 Å². The lowest BCUT2D eigenvalue weighted by atomic mass is 9.93. The Morgan fingerprint density at radius 1 is 1.29 bits per heavy atom. The number of carbonyl (C=O) groups is 1. The van der Waals surface area contributed by atoms with Gasteiger partial charge in [-0.15, -0.1) is 0 Å². The van der Waals surface area contributed by atoms with E-state index >= 15 is 0 Å². The van der Waals surface area contributed by atoms with Gasteiger partial charge in [-0.05, 0) is 37.5 Å². The number of ether oxygens (including phenoxy) is 1. The Morgan fingerprint density at radius 2 is 2.00 bits per heavy atom. The highest BCUT2D eigenvalue weighted by molar-refractivity contribution is 5.91. The van der Waals surface area contributed by atoms with Crippen LogP contribution in [-0.2, 0) is 9.53 Å². The van der Waals surface area contributed by atoms with Crippen LogP contribution in [0.25, 0.3) is 0 Å². The van der Waals surface area contributed by atoms with Gasteiger partial charge in [0.25, 0.3) is 0 Å². The number of carbonyl (C=O) groups excluding carboxylic acids is 1. The van der Waals surface area contributed by atoms with Crippen LogP contribution in [-0.4, -0.2) is 24.7 Å².